The van der Waals surface area contributed by atoms with E-state index >= 15 is 0 Å². The molecule has 0 aliphatic carbocycles. The highest BCUT2D eigenvalue weighted by Crippen LogP contribution is 2.31. The Bertz CT molecular complexity index is 957. The Labute approximate surface area is 173 Å². The molecule has 1 heterocycles. The van der Waals surface area contributed by atoms with Crippen LogP contribution in [0, 0.1) is 11.6 Å². The van der Waals surface area contributed by atoms with Crippen LogP contribution in [0.5, 0.6) is 0 Å². The average Bonchev–Trinajstić information content (AvgIpc) is 3.14. The third kappa shape index (κ3) is 5.36. The molecule has 4 nitrogen and oxygen atoms in total. The van der Waals surface area contributed by atoms with Crippen LogP contribution in [0.1, 0.15) is 25.8 Å². The highest BCUT2D eigenvalue weighted by Gasteiger charge is 2.22. The number of aryl methyl sites for hydroxylation is 1. The number of quaternary nitrogens is 1. The molecule has 0 radical (unpaired) electrons. The van der Waals surface area contributed by atoms with Gasteiger partial charge < -0.3 is 4.90 Å². The van der Waals surface area contributed by atoms with Gasteiger partial charge in [0.05, 0.1) is 30.9 Å². The van der Waals surface area contributed by atoms with Crippen molar-refractivity contribution in [2.75, 3.05) is 31.1 Å². The number of amides is 1. The van der Waals surface area contributed by atoms with E-state index in [1.807, 2.05) is 30.3 Å². The lowest BCUT2D eigenvalue weighted by Crippen LogP contribution is -3.12. The number of nitrogens with one attached hydrogen (secondary N) is 1. The normalized spacial score (nSPS) is 11.3. The number of rotatable bonds is 9. The maximum absolute atomic E-state index is 14.1. The summed E-state index contributed by atoms with van der Waals surface area (Å²) in [5.74, 6) is -1.39. The fourth-order valence-corrected chi connectivity index (χ4v) is 4.34. The van der Waals surface area contributed by atoms with Crippen LogP contribution in [0.15, 0.2) is 42.5 Å². The molecule has 1 N–H and O–H groups in total. The standard InChI is InChI=1S/C22H25F2N3OS/c1-3-26(4-2)12-13-27(20(28)11-10-16-8-6-5-7-9-16)22-25-21-18(24)14-17(23)15-19(21)29-22/h5-9,14-15H,3-4,10-13H2,1-2H3/p+1. The minimum atomic E-state index is -0.700. The van der Waals surface area contributed by atoms with Crippen LogP contribution in [-0.4, -0.2) is 37.1 Å². The quantitative estimate of drug-likeness (QED) is 0.578. The SMILES string of the molecule is CC[NH+](CC)CCN(C(=O)CCc1ccccc1)c1nc2c(F)cc(F)cc2s1. The van der Waals surface area contributed by atoms with Gasteiger partial charge in [-0.05, 0) is 31.9 Å². The zero-order valence-electron chi connectivity index (χ0n) is 16.8. The minimum Gasteiger partial charge on any atom is -0.334 e. The van der Waals surface area contributed by atoms with Crippen molar-refractivity contribution in [1.82, 2.24) is 4.98 Å². The Morgan fingerprint density at radius 2 is 1.86 bits per heavy atom. The van der Waals surface area contributed by atoms with E-state index in [1.165, 1.54) is 11.0 Å². The van der Waals surface area contributed by atoms with Gasteiger partial charge in [0.15, 0.2) is 10.9 Å². The predicted octanol–water partition coefficient (Wildman–Crippen LogP) is 3.47. The van der Waals surface area contributed by atoms with Crippen LogP contribution in [0.3, 0.4) is 0 Å². The molecule has 29 heavy (non-hydrogen) atoms. The van der Waals surface area contributed by atoms with E-state index in [1.54, 1.807) is 4.90 Å². The van der Waals surface area contributed by atoms with Crippen molar-refractivity contribution >= 4 is 32.6 Å². The number of nitrogens with zero attached hydrogens (tertiary/aromatic N) is 2. The number of fused-ring (bicyclic) bond motifs is 1. The summed E-state index contributed by atoms with van der Waals surface area (Å²) in [6.45, 7) is 7.41. The van der Waals surface area contributed by atoms with Crippen molar-refractivity contribution in [1.29, 1.82) is 0 Å². The van der Waals surface area contributed by atoms with Gasteiger partial charge in [0, 0.05) is 12.5 Å². The highest BCUT2D eigenvalue weighted by atomic mass is 32.1. The van der Waals surface area contributed by atoms with Crippen molar-refractivity contribution in [2.24, 2.45) is 0 Å². The third-order valence-electron chi connectivity index (χ3n) is 5.09. The van der Waals surface area contributed by atoms with Gasteiger partial charge in [0.25, 0.3) is 0 Å². The van der Waals surface area contributed by atoms with Gasteiger partial charge in [0.2, 0.25) is 5.91 Å². The third-order valence-corrected chi connectivity index (χ3v) is 6.12. The monoisotopic (exact) mass is 418 g/mol. The van der Waals surface area contributed by atoms with E-state index in [-0.39, 0.29) is 11.4 Å². The first kappa shape index (κ1) is 21.3. The number of carbonyl (C=O) groups excluding carboxylic acids is 1. The van der Waals surface area contributed by atoms with Crippen molar-refractivity contribution in [2.45, 2.75) is 26.7 Å². The highest BCUT2D eigenvalue weighted by molar-refractivity contribution is 7.22. The maximum atomic E-state index is 14.1. The molecule has 0 fully saturated rings. The summed E-state index contributed by atoms with van der Waals surface area (Å²) in [5, 5.41) is 0.425. The molecule has 0 unspecified atom stereocenters. The fraction of sp³-hybridized carbons (Fsp3) is 0.364. The van der Waals surface area contributed by atoms with Gasteiger partial charge in [-0.3, -0.25) is 9.69 Å². The molecule has 1 amide bonds. The minimum absolute atomic E-state index is 0.0552. The number of aromatic nitrogens is 1. The van der Waals surface area contributed by atoms with Crippen LogP contribution >= 0.6 is 11.3 Å². The van der Waals surface area contributed by atoms with Gasteiger partial charge in [-0.1, -0.05) is 41.7 Å². The molecule has 0 spiro atoms. The first-order valence-electron chi connectivity index (χ1n) is 9.95. The van der Waals surface area contributed by atoms with Crippen LogP contribution < -0.4 is 9.80 Å². The summed E-state index contributed by atoms with van der Waals surface area (Å²) in [6.07, 6.45) is 0.965. The van der Waals surface area contributed by atoms with Crippen molar-refractivity contribution in [3.63, 3.8) is 0 Å². The van der Waals surface area contributed by atoms with Gasteiger partial charge in [-0.15, -0.1) is 0 Å². The largest absolute Gasteiger partial charge is 0.334 e. The summed E-state index contributed by atoms with van der Waals surface area (Å²) < 4.78 is 28.1. The molecule has 0 atom stereocenters. The molecule has 0 saturated carbocycles. The topological polar surface area (TPSA) is 37.6 Å². The predicted molar refractivity (Wildman–Crippen MR) is 114 cm³/mol. The van der Waals surface area contributed by atoms with E-state index in [9.17, 15) is 13.6 Å². The van der Waals surface area contributed by atoms with Gasteiger partial charge >= 0.3 is 0 Å². The molecule has 0 saturated heterocycles. The second kappa shape index (κ2) is 9.89. The number of hydrogen-bond acceptors (Lipinski definition) is 3. The molecule has 3 aromatic rings. The van der Waals surface area contributed by atoms with Gasteiger partial charge in [0.1, 0.15) is 11.3 Å². The Balaban J connectivity index is 1.83. The zero-order valence-corrected chi connectivity index (χ0v) is 17.6. The molecule has 1 aromatic heterocycles. The van der Waals surface area contributed by atoms with Crippen LogP contribution in [-0.2, 0) is 11.2 Å². The molecule has 0 bridgehead atoms. The molecule has 2 aromatic carbocycles. The molecular formula is C22H26F2N3OS+. The Morgan fingerprint density at radius 1 is 1.14 bits per heavy atom. The van der Waals surface area contributed by atoms with Crippen molar-refractivity contribution < 1.29 is 18.5 Å². The number of carbonyl (C=O) groups is 1. The smallest absolute Gasteiger partial charge is 0.229 e. The number of anilines is 1. The van der Waals surface area contributed by atoms with Crippen LogP contribution in [0.4, 0.5) is 13.9 Å². The van der Waals surface area contributed by atoms with E-state index in [0.29, 0.717) is 29.2 Å². The Kier molecular flexibility index (Phi) is 7.28. The number of benzene rings is 2. The number of likely N-dealkylation sites (N-methyl/N-ethyl adjacent to an activating group) is 1. The molecule has 0 aliphatic rings. The lowest BCUT2D eigenvalue weighted by molar-refractivity contribution is -0.894. The van der Waals surface area contributed by atoms with Crippen LogP contribution in [0.25, 0.3) is 10.2 Å². The van der Waals surface area contributed by atoms with Gasteiger partial charge in [-0.2, -0.15) is 0 Å². The molecule has 0 aliphatic heterocycles. The fourth-order valence-electron chi connectivity index (χ4n) is 3.29. The summed E-state index contributed by atoms with van der Waals surface area (Å²) in [5.41, 5.74) is 1.20. The Morgan fingerprint density at radius 3 is 2.55 bits per heavy atom. The zero-order chi connectivity index (χ0) is 20.8. The van der Waals surface area contributed by atoms with E-state index in [2.05, 4.69) is 18.8 Å². The Hall–Kier alpha value is -2.38. The van der Waals surface area contributed by atoms with E-state index < -0.39 is 11.6 Å². The second-order valence-corrected chi connectivity index (χ2v) is 7.98. The summed E-state index contributed by atoms with van der Waals surface area (Å²) in [7, 11) is 0. The first-order chi connectivity index (χ1) is 14.0. The molecule has 7 heteroatoms. The first-order valence-corrected chi connectivity index (χ1v) is 10.8. The lowest BCUT2D eigenvalue weighted by Gasteiger charge is -2.23. The second-order valence-electron chi connectivity index (χ2n) is 6.97. The number of thiazole rings is 1. The van der Waals surface area contributed by atoms with E-state index in [4.69, 9.17) is 0 Å². The lowest BCUT2D eigenvalue weighted by atomic mass is 10.1. The molecular weight excluding hydrogens is 392 g/mol. The van der Waals surface area contributed by atoms with Crippen LogP contribution in [0.2, 0.25) is 0 Å². The summed E-state index contributed by atoms with van der Waals surface area (Å²) in [4.78, 5) is 20.4. The van der Waals surface area contributed by atoms with E-state index in [0.717, 1.165) is 42.6 Å². The maximum Gasteiger partial charge on any atom is 0.229 e. The van der Waals surface area contributed by atoms with Crippen molar-refractivity contribution in [3.05, 3.63) is 59.7 Å². The van der Waals surface area contributed by atoms with Gasteiger partial charge in [-0.25, -0.2) is 13.8 Å². The average molecular weight is 419 g/mol. The number of halogens is 2. The molecule has 3 rings (SSSR count). The number of hydrogen-bond donors (Lipinski definition) is 1. The summed E-state index contributed by atoms with van der Waals surface area (Å²) in [6, 6.07) is 11.9. The molecule has 154 valence electrons. The summed E-state index contributed by atoms with van der Waals surface area (Å²) >= 11 is 1.16. The van der Waals surface area contributed by atoms with Crippen molar-refractivity contribution in [3.8, 4) is 0 Å².